The number of hydrogen-bond donors (Lipinski definition) is 0. The second-order valence-corrected chi connectivity index (χ2v) is 5.58. The van der Waals surface area contributed by atoms with Crippen LogP contribution < -0.4 is 0 Å². The van der Waals surface area contributed by atoms with E-state index in [9.17, 15) is 9.59 Å². The predicted octanol–water partition coefficient (Wildman–Crippen LogP) is 0.488. The van der Waals surface area contributed by atoms with Crippen molar-refractivity contribution in [1.29, 1.82) is 0 Å². The quantitative estimate of drug-likeness (QED) is 0.750. The van der Waals surface area contributed by atoms with Crippen LogP contribution in [0.25, 0.3) is 0 Å². The summed E-state index contributed by atoms with van der Waals surface area (Å²) in [5, 5.41) is 0. The second kappa shape index (κ2) is 4.92. The fraction of sp³-hybridized carbons (Fsp3) is 0.643. The average Bonchev–Trinajstić information content (AvgIpc) is 3.07. The number of imidazole rings is 1. The smallest absolute Gasteiger partial charge is 0.251 e. The molecule has 0 radical (unpaired) electrons. The van der Waals surface area contributed by atoms with Crippen molar-refractivity contribution in [3.8, 4) is 0 Å². The van der Waals surface area contributed by atoms with Crippen molar-refractivity contribution in [2.75, 3.05) is 19.6 Å². The Morgan fingerprint density at radius 1 is 1.25 bits per heavy atom. The van der Waals surface area contributed by atoms with E-state index in [-0.39, 0.29) is 11.8 Å². The van der Waals surface area contributed by atoms with Gasteiger partial charge in [0, 0.05) is 40.0 Å². The largest absolute Gasteiger partial charge is 0.341 e. The molecule has 108 valence electrons. The van der Waals surface area contributed by atoms with E-state index in [0.717, 1.165) is 43.7 Å². The van der Waals surface area contributed by atoms with E-state index in [1.807, 2.05) is 16.5 Å². The fourth-order valence-electron chi connectivity index (χ4n) is 3.23. The van der Waals surface area contributed by atoms with E-state index < -0.39 is 6.04 Å². The second-order valence-electron chi connectivity index (χ2n) is 5.58. The Hall–Kier alpha value is -1.85. The topological polar surface area (TPSA) is 58.4 Å². The minimum atomic E-state index is -0.498. The van der Waals surface area contributed by atoms with Gasteiger partial charge >= 0.3 is 0 Å². The van der Waals surface area contributed by atoms with Crippen LogP contribution in [0.5, 0.6) is 0 Å². The molecule has 1 aromatic heterocycles. The Morgan fingerprint density at radius 3 is 2.60 bits per heavy atom. The van der Waals surface area contributed by atoms with E-state index >= 15 is 0 Å². The highest BCUT2D eigenvalue weighted by molar-refractivity contribution is 5.88. The lowest BCUT2D eigenvalue weighted by molar-refractivity contribution is -0.145. The summed E-state index contributed by atoms with van der Waals surface area (Å²) in [4.78, 5) is 32.6. The molecule has 0 unspecified atom stereocenters. The zero-order valence-electron chi connectivity index (χ0n) is 12.0. The van der Waals surface area contributed by atoms with Gasteiger partial charge in [0.25, 0.3) is 5.91 Å². The van der Waals surface area contributed by atoms with Crippen LogP contribution in [0.3, 0.4) is 0 Å². The van der Waals surface area contributed by atoms with Crippen LogP contribution in [0.2, 0.25) is 0 Å². The Balaban J connectivity index is 2.00. The Bertz CT molecular complexity index is 545. The molecule has 2 aliphatic rings. The molecular weight excluding hydrogens is 256 g/mol. The van der Waals surface area contributed by atoms with Crippen LogP contribution in [0.4, 0.5) is 0 Å². The molecule has 3 heterocycles. The molecule has 0 aromatic carbocycles. The van der Waals surface area contributed by atoms with Gasteiger partial charge in [-0.25, -0.2) is 4.98 Å². The normalized spacial score (nSPS) is 22.0. The highest BCUT2D eigenvalue weighted by Gasteiger charge is 2.39. The molecule has 0 saturated carbocycles. The van der Waals surface area contributed by atoms with E-state index in [4.69, 9.17) is 0 Å². The van der Waals surface area contributed by atoms with Crippen molar-refractivity contribution >= 4 is 11.8 Å². The van der Waals surface area contributed by atoms with E-state index in [0.29, 0.717) is 6.54 Å². The number of hydrogen-bond acceptors (Lipinski definition) is 3. The summed E-state index contributed by atoms with van der Waals surface area (Å²) in [6, 6.07) is -0.498. The number of amides is 2. The van der Waals surface area contributed by atoms with Crippen molar-refractivity contribution in [2.45, 2.75) is 32.2 Å². The van der Waals surface area contributed by atoms with Gasteiger partial charge in [0.2, 0.25) is 5.91 Å². The lowest BCUT2D eigenvalue weighted by Crippen LogP contribution is -2.47. The summed E-state index contributed by atoms with van der Waals surface area (Å²) in [6.07, 6.45) is 4.56. The van der Waals surface area contributed by atoms with Gasteiger partial charge in [-0.05, 0) is 12.8 Å². The van der Waals surface area contributed by atoms with Gasteiger partial charge in [0.15, 0.2) is 6.04 Å². The van der Waals surface area contributed by atoms with Crippen LogP contribution in [0.1, 0.15) is 37.2 Å². The third kappa shape index (κ3) is 1.99. The van der Waals surface area contributed by atoms with Gasteiger partial charge in [-0.15, -0.1) is 0 Å². The lowest BCUT2D eigenvalue weighted by Gasteiger charge is -2.36. The maximum absolute atomic E-state index is 12.8. The molecule has 0 bridgehead atoms. The molecule has 6 heteroatoms. The number of nitrogens with zero attached hydrogens (tertiary/aromatic N) is 4. The first kappa shape index (κ1) is 13.1. The van der Waals surface area contributed by atoms with Crippen LogP contribution in [0, 0.1) is 0 Å². The van der Waals surface area contributed by atoms with Crippen LogP contribution >= 0.6 is 0 Å². The van der Waals surface area contributed by atoms with Crippen LogP contribution in [-0.2, 0) is 23.1 Å². The van der Waals surface area contributed by atoms with Crippen molar-refractivity contribution in [3.05, 3.63) is 17.7 Å². The molecule has 6 nitrogen and oxygen atoms in total. The summed E-state index contributed by atoms with van der Waals surface area (Å²) < 4.78 is 1.88. The molecule has 2 aliphatic heterocycles. The van der Waals surface area contributed by atoms with Gasteiger partial charge in [-0.2, -0.15) is 0 Å². The number of carbonyl (C=O) groups is 2. The third-order valence-corrected chi connectivity index (χ3v) is 4.28. The first-order valence-corrected chi connectivity index (χ1v) is 7.15. The van der Waals surface area contributed by atoms with E-state index in [1.165, 1.54) is 6.92 Å². The number of carbonyl (C=O) groups excluding carboxylic acids is 2. The zero-order valence-corrected chi connectivity index (χ0v) is 12.0. The van der Waals surface area contributed by atoms with E-state index in [2.05, 4.69) is 4.98 Å². The zero-order chi connectivity index (χ0) is 14.3. The summed E-state index contributed by atoms with van der Waals surface area (Å²) in [5.74, 6) is -0.00310. The van der Waals surface area contributed by atoms with Crippen molar-refractivity contribution < 1.29 is 9.59 Å². The van der Waals surface area contributed by atoms with Crippen molar-refractivity contribution in [3.63, 3.8) is 0 Å². The number of aryl methyl sites for hydroxylation is 1. The third-order valence-electron chi connectivity index (χ3n) is 4.28. The average molecular weight is 276 g/mol. The number of aromatic nitrogens is 2. The van der Waals surface area contributed by atoms with Crippen LogP contribution in [0.15, 0.2) is 6.33 Å². The molecule has 3 rings (SSSR count). The van der Waals surface area contributed by atoms with Crippen molar-refractivity contribution in [1.82, 2.24) is 19.4 Å². The van der Waals surface area contributed by atoms with Crippen molar-refractivity contribution in [2.24, 2.45) is 7.05 Å². The van der Waals surface area contributed by atoms with E-state index in [1.54, 1.807) is 11.2 Å². The minimum Gasteiger partial charge on any atom is -0.341 e. The molecule has 0 spiro atoms. The lowest BCUT2D eigenvalue weighted by atomic mass is 10.0. The predicted molar refractivity (Wildman–Crippen MR) is 72.9 cm³/mol. The monoisotopic (exact) mass is 276 g/mol. The molecule has 0 aliphatic carbocycles. The fourth-order valence-corrected chi connectivity index (χ4v) is 3.23. The molecule has 1 fully saturated rings. The van der Waals surface area contributed by atoms with Gasteiger partial charge in [0.05, 0.1) is 17.7 Å². The maximum Gasteiger partial charge on any atom is 0.251 e. The van der Waals surface area contributed by atoms with Gasteiger partial charge in [0.1, 0.15) is 0 Å². The number of fused-ring (bicyclic) bond motifs is 1. The highest BCUT2D eigenvalue weighted by Crippen LogP contribution is 2.31. The molecule has 0 N–H and O–H groups in total. The molecule has 1 aromatic rings. The molecule has 1 atom stereocenters. The maximum atomic E-state index is 12.8. The Kier molecular flexibility index (Phi) is 3.23. The Labute approximate surface area is 118 Å². The molecular formula is C14H20N4O2. The number of rotatable bonds is 1. The molecule has 2 amide bonds. The SMILES string of the molecule is CC(=O)N1CCc2ncn(C)c2[C@H]1C(=O)N1CCCC1. The van der Waals surface area contributed by atoms with Gasteiger partial charge < -0.3 is 14.4 Å². The van der Waals surface area contributed by atoms with Gasteiger partial charge in [-0.1, -0.05) is 0 Å². The summed E-state index contributed by atoms with van der Waals surface area (Å²) >= 11 is 0. The Morgan fingerprint density at radius 2 is 1.95 bits per heavy atom. The summed E-state index contributed by atoms with van der Waals surface area (Å²) in [6.45, 7) is 3.71. The number of likely N-dealkylation sites (tertiary alicyclic amines) is 1. The first-order chi connectivity index (χ1) is 9.59. The molecule has 20 heavy (non-hydrogen) atoms. The highest BCUT2D eigenvalue weighted by atomic mass is 16.2. The van der Waals surface area contributed by atoms with Gasteiger partial charge in [-0.3, -0.25) is 9.59 Å². The summed E-state index contributed by atoms with van der Waals surface area (Å²) in [7, 11) is 1.89. The standard InChI is InChI=1S/C14H20N4O2/c1-10(19)18-8-5-11-12(16(2)9-15-11)13(18)14(20)17-6-3-4-7-17/h9,13H,3-8H2,1-2H3/t13-/m0/s1. The summed E-state index contributed by atoms with van der Waals surface area (Å²) in [5.41, 5.74) is 1.82. The van der Waals surface area contributed by atoms with Crippen LogP contribution in [-0.4, -0.2) is 50.8 Å². The molecule has 1 saturated heterocycles. The first-order valence-electron chi connectivity index (χ1n) is 7.15. The minimum absolute atomic E-state index is 0.0438.